The molecule has 1 saturated heterocycles. The number of hydrogen-bond donors (Lipinski definition) is 2. The molecule has 1 aromatic carbocycles. The van der Waals surface area contributed by atoms with E-state index in [1.807, 2.05) is 18.2 Å². The molecule has 0 saturated carbocycles. The van der Waals surface area contributed by atoms with E-state index in [4.69, 9.17) is 19.3 Å². The van der Waals surface area contributed by atoms with Crippen molar-refractivity contribution in [3.05, 3.63) is 18.2 Å². The summed E-state index contributed by atoms with van der Waals surface area (Å²) in [5.74, 6) is 0.583. The quantitative estimate of drug-likeness (QED) is 0.858. The lowest BCUT2D eigenvalue weighted by Gasteiger charge is -2.13. The topological polar surface area (TPSA) is 77.0 Å². The predicted molar refractivity (Wildman–Crippen MR) is 66.6 cm³/mol. The monoisotopic (exact) mass is 265 g/mol. The second kappa shape index (κ2) is 4.97. The molecular formula is C13H15NO5. The Bertz CT molecular complexity index is 490. The third-order valence-electron chi connectivity index (χ3n) is 3.29. The second-order valence-electron chi connectivity index (χ2n) is 4.61. The summed E-state index contributed by atoms with van der Waals surface area (Å²) in [5, 5.41) is 12.1. The lowest BCUT2D eigenvalue weighted by atomic mass is 10.2. The van der Waals surface area contributed by atoms with Crippen LogP contribution >= 0.6 is 0 Å². The van der Waals surface area contributed by atoms with Crippen molar-refractivity contribution < 1.29 is 24.1 Å². The van der Waals surface area contributed by atoms with Gasteiger partial charge in [-0.2, -0.15) is 0 Å². The van der Waals surface area contributed by atoms with Crippen LogP contribution < -0.4 is 14.8 Å². The zero-order chi connectivity index (χ0) is 13.2. The first-order valence-electron chi connectivity index (χ1n) is 6.24. The van der Waals surface area contributed by atoms with E-state index in [-0.39, 0.29) is 12.9 Å². The van der Waals surface area contributed by atoms with E-state index in [9.17, 15) is 4.79 Å². The van der Waals surface area contributed by atoms with Gasteiger partial charge in [-0.3, -0.25) is 0 Å². The molecule has 1 aromatic rings. The van der Waals surface area contributed by atoms with E-state index >= 15 is 0 Å². The highest BCUT2D eigenvalue weighted by molar-refractivity contribution is 5.72. The summed E-state index contributed by atoms with van der Waals surface area (Å²) in [6, 6.07) is 5.61. The van der Waals surface area contributed by atoms with Gasteiger partial charge in [0.25, 0.3) is 0 Å². The first-order valence-corrected chi connectivity index (χ1v) is 6.24. The van der Waals surface area contributed by atoms with Crippen molar-refractivity contribution >= 4 is 11.7 Å². The van der Waals surface area contributed by atoms with E-state index in [2.05, 4.69) is 5.32 Å². The smallest absolute Gasteiger partial charge is 0.332 e. The van der Waals surface area contributed by atoms with Gasteiger partial charge in [-0.1, -0.05) is 0 Å². The van der Waals surface area contributed by atoms with Crippen LogP contribution in [0, 0.1) is 0 Å². The summed E-state index contributed by atoms with van der Waals surface area (Å²) < 4.78 is 15.9. The Hall–Kier alpha value is -1.95. The normalized spacial score (nSPS) is 24.4. The van der Waals surface area contributed by atoms with E-state index < -0.39 is 12.1 Å². The zero-order valence-electron chi connectivity index (χ0n) is 10.3. The van der Waals surface area contributed by atoms with Gasteiger partial charge in [0.1, 0.15) is 0 Å². The highest BCUT2D eigenvalue weighted by atomic mass is 16.7. The van der Waals surface area contributed by atoms with Crippen molar-refractivity contribution in [2.24, 2.45) is 0 Å². The molecule has 0 spiro atoms. The van der Waals surface area contributed by atoms with Crippen molar-refractivity contribution in [3.8, 4) is 11.5 Å². The fraction of sp³-hybridized carbons (Fsp3) is 0.462. The fourth-order valence-electron chi connectivity index (χ4n) is 2.28. The van der Waals surface area contributed by atoms with Gasteiger partial charge in [-0.25, -0.2) is 4.79 Å². The highest BCUT2D eigenvalue weighted by Crippen LogP contribution is 2.34. The number of anilines is 1. The summed E-state index contributed by atoms with van der Waals surface area (Å²) in [6.45, 7) is 0.842. The SMILES string of the molecule is O=C(O)C1CCC(CNc2ccc3c(c2)OCO3)O1. The molecule has 6 heteroatoms. The number of carboxylic acids is 1. The van der Waals surface area contributed by atoms with Crippen LogP contribution in [0.1, 0.15) is 12.8 Å². The van der Waals surface area contributed by atoms with Crippen molar-refractivity contribution in [1.82, 2.24) is 0 Å². The van der Waals surface area contributed by atoms with Crippen molar-refractivity contribution in [2.45, 2.75) is 25.0 Å². The number of benzene rings is 1. The average molecular weight is 265 g/mol. The van der Waals surface area contributed by atoms with E-state index in [1.165, 1.54) is 0 Å². The Morgan fingerprint density at radius 2 is 2.16 bits per heavy atom. The standard InChI is InChI=1S/C13H15NO5/c15-13(16)11-4-2-9(19-11)6-14-8-1-3-10-12(5-8)18-7-17-10/h1,3,5,9,11,14H,2,4,6-7H2,(H,15,16). The molecule has 0 aromatic heterocycles. The Balaban J connectivity index is 1.54. The van der Waals surface area contributed by atoms with Crippen LogP contribution in [0.2, 0.25) is 0 Å². The molecule has 2 unspecified atom stereocenters. The minimum absolute atomic E-state index is 0.0634. The number of rotatable bonds is 4. The van der Waals surface area contributed by atoms with Crippen LogP contribution in [-0.4, -0.2) is 36.6 Å². The summed E-state index contributed by atoms with van der Waals surface area (Å²) in [6.07, 6.45) is 0.604. The molecule has 3 rings (SSSR count). The number of hydrogen-bond acceptors (Lipinski definition) is 5. The summed E-state index contributed by atoms with van der Waals surface area (Å²) in [7, 11) is 0. The molecule has 0 amide bonds. The lowest BCUT2D eigenvalue weighted by Crippen LogP contribution is -2.24. The van der Waals surface area contributed by atoms with Crippen LogP contribution in [-0.2, 0) is 9.53 Å². The molecule has 2 heterocycles. The van der Waals surface area contributed by atoms with Crippen LogP contribution in [0.3, 0.4) is 0 Å². The molecule has 0 aliphatic carbocycles. The fourth-order valence-corrected chi connectivity index (χ4v) is 2.28. The first kappa shape index (κ1) is 12.1. The predicted octanol–water partition coefficient (Wildman–Crippen LogP) is 1.46. The largest absolute Gasteiger partial charge is 0.479 e. The van der Waals surface area contributed by atoms with Crippen molar-refractivity contribution in [2.75, 3.05) is 18.7 Å². The molecule has 0 radical (unpaired) electrons. The zero-order valence-corrected chi connectivity index (χ0v) is 10.3. The summed E-state index contributed by atoms with van der Waals surface area (Å²) >= 11 is 0. The maximum absolute atomic E-state index is 10.8. The van der Waals surface area contributed by atoms with Crippen LogP contribution in [0.25, 0.3) is 0 Å². The van der Waals surface area contributed by atoms with Gasteiger partial charge in [0.15, 0.2) is 17.6 Å². The molecule has 2 N–H and O–H groups in total. The molecular weight excluding hydrogens is 250 g/mol. The molecule has 0 bridgehead atoms. The highest BCUT2D eigenvalue weighted by Gasteiger charge is 2.30. The van der Waals surface area contributed by atoms with E-state index in [0.717, 1.165) is 23.6 Å². The minimum atomic E-state index is -0.884. The molecule has 1 fully saturated rings. The Morgan fingerprint density at radius 3 is 2.95 bits per heavy atom. The first-order chi connectivity index (χ1) is 9.22. The summed E-state index contributed by atoms with van der Waals surface area (Å²) in [4.78, 5) is 10.8. The summed E-state index contributed by atoms with van der Waals surface area (Å²) in [5.41, 5.74) is 0.909. The van der Waals surface area contributed by atoms with Gasteiger partial charge in [0.2, 0.25) is 6.79 Å². The number of carbonyl (C=O) groups is 1. The van der Waals surface area contributed by atoms with Gasteiger partial charge < -0.3 is 24.6 Å². The third kappa shape index (κ3) is 2.58. The van der Waals surface area contributed by atoms with Gasteiger partial charge in [-0.05, 0) is 25.0 Å². The number of aliphatic carboxylic acids is 1. The maximum Gasteiger partial charge on any atom is 0.332 e. The Kier molecular flexibility index (Phi) is 3.16. The van der Waals surface area contributed by atoms with Crippen LogP contribution in [0.15, 0.2) is 18.2 Å². The Labute approximate surface area is 110 Å². The number of fused-ring (bicyclic) bond motifs is 1. The molecule has 2 aliphatic heterocycles. The average Bonchev–Trinajstić information content (AvgIpc) is 3.04. The molecule has 6 nitrogen and oxygen atoms in total. The van der Waals surface area contributed by atoms with Crippen molar-refractivity contribution in [3.63, 3.8) is 0 Å². The number of carboxylic acid groups (broad SMARTS) is 1. The van der Waals surface area contributed by atoms with Crippen LogP contribution in [0.4, 0.5) is 5.69 Å². The third-order valence-corrected chi connectivity index (χ3v) is 3.29. The maximum atomic E-state index is 10.8. The molecule has 2 atom stereocenters. The van der Waals surface area contributed by atoms with Crippen LogP contribution in [0.5, 0.6) is 11.5 Å². The second-order valence-corrected chi connectivity index (χ2v) is 4.61. The van der Waals surface area contributed by atoms with Crippen molar-refractivity contribution in [1.29, 1.82) is 0 Å². The van der Waals surface area contributed by atoms with Gasteiger partial charge >= 0.3 is 5.97 Å². The van der Waals surface area contributed by atoms with E-state index in [1.54, 1.807) is 0 Å². The molecule has 19 heavy (non-hydrogen) atoms. The Morgan fingerprint density at radius 1 is 1.32 bits per heavy atom. The molecule has 2 aliphatic rings. The van der Waals surface area contributed by atoms with Gasteiger partial charge in [0.05, 0.1) is 6.10 Å². The molecule has 102 valence electrons. The number of nitrogens with one attached hydrogen (secondary N) is 1. The van der Waals surface area contributed by atoms with E-state index in [0.29, 0.717) is 13.0 Å². The lowest BCUT2D eigenvalue weighted by molar-refractivity contribution is -0.149. The minimum Gasteiger partial charge on any atom is -0.479 e. The van der Waals surface area contributed by atoms with Gasteiger partial charge in [0, 0.05) is 18.3 Å². The van der Waals surface area contributed by atoms with Gasteiger partial charge in [-0.15, -0.1) is 0 Å². The number of ether oxygens (including phenoxy) is 3.